The standard InChI is InChI=1S/C16H24F3NO/c1-4-8-20-14(10-21-11-16(17,18)19)9-15-12(2)6-5-7-13(15)3/h5-7,14,20H,4,8-11H2,1-3H3. The van der Waals surface area contributed by atoms with Gasteiger partial charge in [-0.25, -0.2) is 0 Å². The second-order valence-electron chi connectivity index (χ2n) is 5.36. The van der Waals surface area contributed by atoms with Crippen LogP contribution in [-0.4, -0.2) is 32.0 Å². The molecule has 5 heteroatoms. The van der Waals surface area contributed by atoms with E-state index in [1.807, 2.05) is 39.0 Å². The van der Waals surface area contributed by atoms with Crippen molar-refractivity contribution in [3.05, 3.63) is 34.9 Å². The normalized spacial score (nSPS) is 13.4. The number of alkyl halides is 3. The van der Waals surface area contributed by atoms with Crippen LogP contribution >= 0.6 is 0 Å². The molecule has 1 rings (SSSR count). The van der Waals surface area contributed by atoms with E-state index >= 15 is 0 Å². The van der Waals surface area contributed by atoms with Gasteiger partial charge in [-0.3, -0.25) is 0 Å². The Morgan fingerprint density at radius 3 is 2.33 bits per heavy atom. The van der Waals surface area contributed by atoms with E-state index in [-0.39, 0.29) is 12.6 Å². The molecule has 2 nitrogen and oxygen atoms in total. The van der Waals surface area contributed by atoms with E-state index in [1.165, 1.54) is 5.56 Å². The first-order valence-corrected chi connectivity index (χ1v) is 7.26. The van der Waals surface area contributed by atoms with Crippen LogP contribution in [0.3, 0.4) is 0 Å². The molecule has 0 bridgehead atoms. The van der Waals surface area contributed by atoms with E-state index in [2.05, 4.69) is 5.32 Å². The fourth-order valence-electron chi connectivity index (χ4n) is 2.27. The van der Waals surface area contributed by atoms with Crippen LogP contribution in [-0.2, 0) is 11.2 Å². The van der Waals surface area contributed by atoms with Gasteiger partial charge < -0.3 is 10.1 Å². The summed E-state index contributed by atoms with van der Waals surface area (Å²) in [5.41, 5.74) is 3.50. The van der Waals surface area contributed by atoms with Crippen LogP contribution in [0.1, 0.15) is 30.0 Å². The van der Waals surface area contributed by atoms with Crippen molar-refractivity contribution in [3.8, 4) is 0 Å². The number of hydrogen-bond acceptors (Lipinski definition) is 2. The van der Waals surface area contributed by atoms with Crippen molar-refractivity contribution < 1.29 is 17.9 Å². The molecule has 120 valence electrons. The molecule has 0 aliphatic carbocycles. The molecule has 0 aromatic heterocycles. The lowest BCUT2D eigenvalue weighted by atomic mass is 9.96. The molecule has 0 radical (unpaired) electrons. The molecule has 1 aromatic rings. The Bertz CT molecular complexity index is 412. The lowest BCUT2D eigenvalue weighted by molar-refractivity contribution is -0.175. The number of hydrogen-bond donors (Lipinski definition) is 1. The Morgan fingerprint density at radius 2 is 1.81 bits per heavy atom. The highest BCUT2D eigenvalue weighted by molar-refractivity contribution is 5.34. The van der Waals surface area contributed by atoms with Crippen LogP contribution in [0.25, 0.3) is 0 Å². The van der Waals surface area contributed by atoms with Crippen molar-refractivity contribution >= 4 is 0 Å². The Hall–Kier alpha value is -1.07. The van der Waals surface area contributed by atoms with Crippen LogP contribution in [0.2, 0.25) is 0 Å². The van der Waals surface area contributed by atoms with Gasteiger partial charge >= 0.3 is 6.18 Å². The predicted molar refractivity (Wildman–Crippen MR) is 78.6 cm³/mol. The second kappa shape index (κ2) is 8.39. The van der Waals surface area contributed by atoms with Crippen LogP contribution in [0.5, 0.6) is 0 Å². The van der Waals surface area contributed by atoms with Crippen LogP contribution in [0.4, 0.5) is 13.2 Å². The lowest BCUT2D eigenvalue weighted by Gasteiger charge is -2.21. The van der Waals surface area contributed by atoms with Gasteiger partial charge in [0.1, 0.15) is 6.61 Å². The van der Waals surface area contributed by atoms with Crippen LogP contribution in [0, 0.1) is 13.8 Å². The van der Waals surface area contributed by atoms with E-state index in [0.717, 1.165) is 24.1 Å². The Labute approximate surface area is 124 Å². The van der Waals surface area contributed by atoms with E-state index in [1.54, 1.807) is 0 Å². The highest BCUT2D eigenvalue weighted by Crippen LogP contribution is 2.17. The molecule has 0 heterocycles. The topological polar surface area (TPSA) is 21.3 Å². The molecule has 1 N–H and O–H groups in total. The Kier molecular flexibility index (Phi) is 7.18. The van der Waals surface area contributed by atoms with Gasteiger partial charge in [0.2, 0.25) is 0 Å². The fourth-order valence-corrected chi connectivity index (χ4v) is 2.27. The van der Waals surface area contributed by atoms with Gasteiger partial charge in [0, 0.05) is 6.04 Å². The van der Waals surface area contributed by atoms with Crippen LogP contribution < -0.4 is 5.32 Å². The number of ether oxygens (including phenoxy) is 1. The average molecular weight is 303 g/mol. The van der Waals surface area contributed by atoms with Gasteiger partial charge in [-0.1, -0.05) is 25.1 Å². The summed E-state index contributed by atoms with van der Waals surface area (Å²) in [6, 6.07) is 5.93. The van der Waals surface area contributed by atoms with Gasteiger partial charge in [0.05, 0.1) is 6.61 Å². The summed E-state index contributed by atoms with van der Waals surface area (Å²) in [6.07, 6.45) is -2.66. The Morgan fingerprint density at radius 1 is 1.19 bits per heavy atom. The zero-order valence-electron chi connectivity index (χ0n) is 12.9. The van der Waals surface area contributed by atoms with Gasteiger partial charge in [-0.15, -0.1) is 0 Å². The zero-order chi connectivity index (χ0) is 15.9. The van der Waals surface area contributed by atoms with Crippen molar-refractivity contribution in [1.82, 2.24) is 5.32 Å². The zero-order valence-corrected chi connectivity index (χ0v) is 12.9. The van der Waals surface area contributed by atoms with Crippen molar-refractivity contribution in [2.24, 2.45) is 0 Å². The van der Waals surface area contributed by atoms with Gasteiger partial charge in [-0.05, 0) is 49.9 Å². The molecular weight excluding hydrogens is 279 g/mol. The first kappa shape index (κ1) is 18.0. The van der Waals surface area contributed by atoms with E-state index in [4.69, 9.17) is 4.74 Å². The first-order valence-electron chi connectivity index (χ1n) is 7.26. The molecule has 1 aromatic carbocycles. The molecule has 0 aliphatic heterocycles. The van der Waals surface area contributed by atoms with Gasteiger partial charge in [0.25, 0.3) is 0 Å². The third-order valence-corrected chi connectivity index (χ3v) is 3.36. The Balaban J connectivity index is 2.65. The molecular formula is C16H24F3NO. The molecule has 21 heavy (non-hydrogen) atoms. The predicted octanol–water partition coefficient (Wildman–Crippen LogP) is 3.79. The molecule has 1 unspecified atom stereocenters. The van der Waals surface area contributed by atoms with E-state index < -0.39 is 12.8 Å². The van der Waals surface area contributed by atoms with Gasteiger partial charge in [0.15, 0.2) is 0 Å². The maximum atomic E-state index is 12.2. The summed E-state index contributed by atoms with van der Waals surface area (Å²) in [5, 5.41) is 3.27. The van der Waals surface area contributed by atoms with Crippen molar-refractivity contribution in [2.75, 3.05) is 19.8 Å². The van der Waals surface area contributed by atoms with Crippen molar-refractivity contribution in [3.63, 3.8) is 0 Å². The maximum Gasteiger partial charge on any atom is 0.411 e. The van der Waals surface area contributed by atoms with E-state index in [9.17, 15) is 13.2 Å². The van der Waals surface area contributed by atoms with E-state index in [0.29, 0.717) is 6.42 Å². The molecule has 0 spiro atoms. The third-order valence-electron chi connectivity index (χ3n) is 3.36. The lowest BCUT2D eigenvalue weighted by Crippen LogP contribution is -2.37. The molecule has 0 aliphatic rings. The van der Waals surface area contributed by atoms with Gasteiger partial charge in [-0.2, -0.15) is 13.2 Å². The second-order valence-corrected chi connectivity index (χ2v) is 5.36. The fraction of sp³-hybridized carbons (Fsp3) is 0.625. The first-order chi connectivity index (χ1) is 9.83. The smallest absolute Gasteiger partial charge is 0.370 e. The minimum atomic E-state index is -4.27. The summed E-state index contributed by atoms with van der Waals surface area (Å²) in [5.74, 6) is 0. The molecule has 0 amide bonds. The summed E-state index contributed by atoms with van der Waals surface area (Å²) < 4.78 is 41.3. The monoisotopic (exact) mass is 303 g/mol. The van der Waals surface area contributed by atoms with Crippen LogP contribution in [0.15, 0.2) is 18.2 Å². The van der Waals surface area contributed by atoms with Crippen molar-refractivity contribution in [2.45, 2.75) is 45.8 Å². The highest BCUT2D eigenvalue weighted by Gasteiger charge is 2.28. The highest BCUT2D eigenvalue weighted by atomic mass is 19.4. The molecule has 0 fully saturated rings. The summed E-state index contributed by atoms with van der Waals surface area (Å²) in [6.45, 7) is 5.72. The summed E-state index contributed by atoms with van der Waals surface area (Å²) in [7, 11) is 0. The number of rotatable bonds is 8. The number of benzene rings is 1. The minimum absolute atomic E-state index is 0.0628. The SMILES string of the molecule is CCCNC(COCC(F)(F)F)Cc1c(C)cccc1C. The molecule has 0 saturated carbocycles. The summed E-state index contributed by atoms with van der Waals surface area (Å²) in [4.78, 5) is 0. The maximum absolute atomic E-state index is 12.2. The van der Waals surface area contributed by atoms with Crippen molar-refractivity contribution in [1.29, 1.82) is 0 Å². The summed E-state index contributed by atoms with van der Waals surface area (Å²) >= 11 is 0. The minimum Gasteiger partial charge on any atom is -0.370 e. The number of halogens is 3. The number of nitrogens with one attached hydrogen (secondary N) is 1. The quantitative estimate of drug-likeness (QED) is 0.789. The average Bonchev–Trinajstić information content (AvgIpc) is 2.38. The molecule has 1 atom stereocenters. The third kappa shape index (κ3) is 6.96. The number of aryl methyl sites for hydroxylation is 2. The largest absolute Gasteiger partial charge is 0.411 e. The molecule has 0 saturated heterocycles.